The van der Waals surface area contributed by atoms with E-state index in [0.717, 1.165) is 24.1 Å². The fourth-order valence-electron chi connectivity index (χ4n) is 4.07. The van der Waals surface area contributed by atoms with Crippen molar-refractivity contribution in [1.82, 2.24) is 0 Å². The Hall–Kier alpha value is -4.59. The summed E-state index contributed by atoms with van der Waals surface area (Å²) in [5.74, 6) is -5.26. The molecular formula is C31H19F9O2. The molecule has 4 aromatic carbocycles. The predicted octanol–water partition coefficient (Wildman–Crippen LogP) is 8.97. The summed E-state index contributed by atoms with van der Waals surface area (Å²) in [6.07, 6.45) is -3.21. The highest BCUT2D eigenvalue weighted by molar-refractivity contribution is 5.66. The Morgan fingerprint density at radius 2 is 1.38 bits per heavy atom. The molecule has 0 spiro atoms. The van der Waals surface area contributed by atoms with Crippen LogP contribution in [-0.2, 0) is 12.5 Å². The van der Waals surface area contributed by atoms with Gasteiger partial charge in [-0.25, -0.2) is 30.7 Å². The van der Waals surface area contributed by atoms with E-state index in [0.29, 0.717) is 36.8 Å². The molecule has 4 aromatic rings. The van der Waals surface area contributed by atoms with Gasteiger partial charge in [-0.05, 0) is 66.1 Å². The molecule has 0 saturated carbocycles. The van der Waals surface area contributed by atoms with Gasteiger partial charge in [-0.3, -0.25) is 0 Å². The molecule has 0 aliphatic heterocycles. The van der Waals surface area contributed by atoms with E-state index in [1.807, 2.05) is 6.92 Å². The van der Waals surface area contributed by atoms with E-state index >= 15 is 0 Å². The number of hydrogen-bond acceptors (Lipinski definition) is 2. The first-order valence-electron chi connectivity index (χ1n) is 12.3. The van der Waals surface area contributed by atoms with Crippen LogP contribution in [-0.4, -0.2) is 6.86 Å². The molecule has 11 heteroatoms. The minimum atomic E-state index is -4.64. The lowest BCUT2D eigenvalue weighted by Crippen LogP contribution is -2.25. The Morgan fingerprint density at radius 3 is 1.95 bits per heavy atom. The highest BCUT2D eigenvalue weighted by atomic mass is 19.3. The molecule has 0 atom stereocenters. The van der Waals surface area contributed by atoms with Crippen LogP contribution in [0.1, 0.15) is 35.6 Å². The van der Waals surface area contributed by atoms with Crippen molar-refractivity contribution in [3.63, 3.8) is 0 Å². The van der Waals surface area contributed by atoms with Crippen LogP contribution in [0, 0.1) is 46.7 Å². The van der Waals surface area contributed by atoms with Crippen molar-refractivity contribution in [3.8, 4) is 34.5 Å². The third-order valence-corrected chi connectivity index (χ3v) is 5.94. The van der Waals surface area contributed by atoms with E-state index < -0.39 is 70.5 Å². The lowest BCUT2D eigenvalue weighted by Gasteiger charge is -2.20. The molecule has 42 heavy (non-hydrogen) atoms. The molecular weight excluding hydrogens is 575 g/mol. The first kappa shape index (κ1) is 30.4. The van der Waals surface area contributed by atoms with Gasteiger partial charge in [0.15, 0.2) is 17.4 Å². The Bertz CT molecular complexity index is 1640. The van der Waals surface area contributed by atoms with Crippen molar-refractivity contribution >= 4 is 0 Å². The summed E-state index contributed by atoms with van der Waals surface area (Å²) in [4.78, 5) is 0. The Kier molecular flexibility index (Phi) is 9.05. The standard InChI is InChI=1S/C31H19F9O2/c1-2-3-17-4-6-19(23(33)10-17)7-5-18-11-25(35)29(26(36)12-18)31(39,40)42-21-8-9-22(24(34)15-21)20-13-27(37)30(41-16-32)28(38)14-20/h4,6,8-15H,2-3,16H2,1H3. The molecule has 0 bridgehead atoms. The lowest BCUT2D eigenvalue weighted by molar-refractivity contribution is -0.189. The number of hydrogen-bond donors (Lipinski definition) is 0. The van der Waals surface area contributed by atoms with E-state index in [4.69, 9.17) is 0 Å². The van der Waals surface area contributed by atoms with Gasteiger partial charge in [-0.1, -0.05) is 31.3 Å². The number of ether oxygens (including phenoxy) is 2. The van der Waals surface area contributed by atoms with Crippen molar-refractivity contribution in [2.24, 2.45) is 0 Å². The second-order valence-electron chi connectivity index (χ2n) is 8.91. The number of benzene rings is 4. The van der Waals surface area contributed by atoms with Crippen LogP contribution in [0.2, 0.25) is 0 Å². The molecule has 2 nitrogen and oxygen atoms in total. The van der Waals surface area contributed by atoms with Crippen LogP contribution < -0.4 is 9.47 Å². The zero-order valence-corrected chi connectivity index (χ0v) is 21.6. The summed E-state index contributed by atoms with van der Waals surface area (Å²) in [6, 6.07) is 8.63. The van der Waals surface area contributed by atoms with Crippen LogP contribution in [0.3, 0.4) is 0 Å². The molecule has 0 N–H and O–H groups in total. The minimum Gasteiger partial charge on any atom is -0.457 e. The average molecular weight is 594 g/mol. The molecule has 0 amide bonds. The maximum absolute atomic E-state index is 14.8. The van der Waals surface area contributed by atoms with Crippen LogP contribution in [0.5, 0.6) is 11.5 Å². The van der Waals surface area contributed by atoms with Crippen LogP contribution >= 0.6 is 0 Å². The van der Waals surface area contributed by atoms with Crippen molar-refractivity contribution in [3.05, 3.63) is 118 Å². The van der Waals surface area contributed by atoms with Gasteiger partial charge in [0.05, 0.1) is 5.56 Å². The topological polar surface area (TPSA) is 18.5 Å². The van der Waals surface area contributed by atoms with Gasteiger partial charge in [-0.2, -0.15) is 8.78 Å². The molecule has 0 saturated heterocycles. The van der Waals surface area contributed by atoms with Crippen molar-refractivity contribution in [1.29, 1.82) is 0 Å². The van der Waals surface area contributed by atoms with E-state index in [1.54, 1.807) is 6.07 Å². The Labute approximate surface area is 234 Å². The van der Waals surface area contributed by atoms with Gasteiger partial charge >= 0.3 is 6.11 Å². The van der Waals surface area contributed by atoms with E-state index in [1.165, 1.54) is 12.1 Å². The lowest BCUT2D eigenvalue weighted by atomic mass is 10.0. The van der Waals surface area contributed by atoms with Crippen LogP contribution in [0.15, 0.2) is 60.7 Å². The second kappa shape index (κ2) is 12.5. The molecule has 4 rings (SSSR count). The molecule has 0 aliphatic rings. The molecule has 0 aromatic heterocycles. The summed E-state index contributed by atoms with van der Waals surface area (Å²) >= 11 is 0. The predicted molar refractivity (Wildman–Crippen MR) is 136 cm³/mol. The molecule has 0 fully saturated rings. The largest absolute Gasteiger partial charge is 0.457 e. The monoisotopic (exact) mass is 594 g/mol. The second-order valence-corrected chi connectivity index (χ2v) is 8.91. The fraction of sp³-hybridized carbons (Fsp3) is 0.161. The van der Waals surface area contributed by atoms with Gasteiger partial charge in [0.25, 0.3) is 0 Å². The zero-order chi connectivity index (χ0) is 30.6. The van der Waals surface area contributed by atoms with Crippen LogP contribution in [0.4, 0.5) is 39.5 Å². The summed E-state index contributed by atoms with van der Waals surface area (Å²) in [5.41, 5.74) is -2.31. The maximum Gasteiger partial charge on any atom is 0.432 e. The number of rotatable bonds is 8. The molecule has 0 heterocycles. The normalized spacial score (nSPS) is 11.2. The number of aryl methyl sites for hydroxylation is 1. The van der Waals surface area contributed by atoms with Crippen molar-refractivity contribution in [2.45, 2.75) is 25.9 Å². The van der Waals surface area contributed by atoms with E-state index in [2.05, 4.69) is 21.3 Å². The van der Waals surface area contributed by atoms with E-state index in [9.17, 15) is 39.5 Å². The molecule has 0 aliphatic carbocycles. The van der Waals surface area contributed by atoms with Gasteiger partial charge < -0.3 is 9.47 Å². The summed E-state index contributed by atoms with van der Waals surface area (Å²) in [7, 11) is 0. The Morgan fingerprint density at radius 1 is 0.714 bits per heavy atom. The summed E-state index contributed by atoms with van der Waals surface area (Å²) in [5, 5.41) is 0. The first-order chi connectivity index (χ1) is 19.9. The molecule has 218 valence electrons. The number of halogens is 9. The maximum atomic E-state index is 14.8. The molecule has 0 radical (unpaired) electrons. The Balaban J connectivity index is 1.57. The molecule has 0 unspecified atom stereocenters. The third kappa shape index (κ3) is 6.65. The zero-order valence-electron chi connectivity index (χ0n) is 21.6. The smallest absolute Gasteiger partial charge is 0.432 e. The van der Waals surface area contributed by atoms with Gasteiger partial charge in [0, 0.05) is 17.2 Å². The van der Waals surface area contributed by atoms with Crippen molar-refractivity contribution < 1.29 is 49.0 Å². The quantitative estimate of drug-likeness (QED) is 0.150. The third-order valence-electron chi connectivity index (χ3n) is 5.94. The van der Waals surface area contributed by atoms with Crippen LogP contribution in [0.25, 0.3) is 11.1 Å². The summed E-state index contributed by atoms with van der Waals surface area (Å²) in [6.45, 7) is 0.399. The number of alkyl halides is 3. The SMILES string of the molecule is CCCc1ccc(C#Cc2cc(F)c(C(F)(F)Oc3ccc(-c4cc(F)c(OCF)c(F)c4)c(F)c3)c(F)c2)c(F)c1. The van der Waals surface area contributed by atoms with E-state index in [-0.39, 0.29) is 16.7 Å². The summed E-state index contributed by atoms with van der Waals surface area (Å²) < 4.78 is 137. The first-order valence-corrected chi connectivity index (χ1v) is 12.3. The van der Waals surface area contributed by atoms with Gasteiger partial charge in [-0.15, -0.1) is 0 Å². The van der Waals surface area contributed by atoms with Gasteiger partial charge in [0.2, 0.25) is 6.86 Å². The van der Waals surface area contributed by atoms with Gasteiger partial charge in [0.1, 0.15) is 34.6 Å². The minimum absolute atomic E-state index is 0.0617. The van der Waals surface area contributed by atoms with Crippen molar-refractivity contribution in [2.75, 3.05) is 6.86 Å². The average Bonchev–Trinajstić information content (AvgIpc) is 2.89. The fourth-order valence-corrected chi connectivity index (χ4v) is 4.07. The highest BCUT2D eigenvalue weighted by Gasteiger charge is 2.41. The highest BCUT2D eigenvalue weighted by Crippen LogP contribution is 2.37.